The molecule has 8 nitrogen and oxygen atoms in total. The van der Waals surface area contributed by atoms with Gasteiger partial charge in [-0.1, -0.05) is 0 Å². The minimum absolute atomic E-state index is 0.00745. The van der Waals surface area contributed by atoms with Crippen molar-refractivity contribution in [3.8, 4) is 0 Å². The molecule has 1 aromatic carbocycles. The average Bonchev–Trinajstić information content (AvgIpc) is 3.24. The van der Waals surface area contributed by atoms with Crippen molar-refractivity contribution >= 4 is 27.6 Å². The van der Waals surface area contributed by atoms with Crippen molar-refractivity contribution in [2.45, 2.75) is 31.6 Å². The van der Waals surface area contributed by atoms with Gasteiger partial charge in [-0.05, 0) is 50.5 Å². The third kappa shape index (κ3) is 3.74. The summed E-state index contributed by atoms with van der Waals surface area (Å²) in [7, 11) is -3.68. The van der Waals surface area contributed by atoms with Gasteiger partial charge in [0.05, 0.1) is 5.56 Å². The molecule has 144 valence electrons. The molecule has 1 aliphatic rings. The molecule has 2 heterocycles. The van der Waals surface area contributed by atoms with Crippen LogP contribution in [0.15, 0.2) is 33.6 Å². The molecule has 0 saturated carbocycles. The van der Waals surface area contributed by atoms with Crippen LogP contribution in [0.2, 0.25) is 0 Å². The number of hydrogen-bond acceptors (Lipinski definition) is 5. The largest absolute Gasteiger partial charge is 0.478 e. The fourth-order valence-electron chi connectivity index (χ4n) is 3.08. The summed E-state index contributed by atoms with van der Waals surface area (Å²) in [5.41, 5.74) is 1.02. The molecule has 2 aromatic rings. The molecule has 0 radical (unpaired) electrons. The standard InChI is InChI=1S/C18H20N2O6S/c1-11-9-13(5-6-14(11)18(22)23)19-17(21)15-10-16(12(2)26-15)27(24,25)20-7-3-4-8-20/h5-6,9-10H,3-4,7-8H2,1-2H3,(H,19,21)(H,22,23). The normalized spacial score (nSPS) is 15.0. The van der Waals surface area contributed by atoms with Crippen LogP contribution in [0.3, 0.4) is 0 Å². The summed E-state index contributed by atoms with van der Waals surface area (Å²) in [5.74, 6) is -1.62. The van der Waals surface area contributed by atoms with E-state index in [0.29, 0.717) is 24.3 Å². The number of carbonyl (C=O) groups excluding carboxylic acids is 1. The van der Waals surface area contributed by atoms with Gasteiger partial charge in [0, 0.05) is 24.8 Å². The molecule has 0 bridgehead atoms. The Morgan fingerprint density at radius 2 is 1.81 bits per heavy atom. The number of nitrogens with one attached hydrogen (secondary N) is 1. The van der Waals surface area contributed by atoms with Crippen LogP contribution in [-0.4, -0.2) is 42.8 Å². The first kappa shape index (κ1) is 19.1. The van der Waals surface area contributed by atoms with Crippen LogP contribution in [0.25, 0.3) is 0 Å². The van der Waals surface area contributed by atoms with Crippen LogP contribution >= 0.6 is 0 Å². The van der Waals surface area contributed by atoms with Crippen LogP contribution in [-0.2, 0) is 10.0 Å². The number of rotatable bonds is 5. The van der Waals surface area contributed by atoms with Crippen molar-refractivity contribution in [2.24, 2.45) is 0 Å². The van der Waals surface area contributed by atoms with E-state index in [1.54, 1.807) is 6.92 Å². The molecule has 0 atom stereocenters. The van der Waals surface area contributed by atoms with E-state index >= 15 is 0 Å². The van der Waals surface area contributed by atoms with Gasteiger partial charge < -0.3 is 14.8 Å². The maximum atomic E-state index is 12.7. The molecule has 27 heavy (non-hydrogen) atoms. The van der Waals surface area contributed by atoms with E-state index in [0.717, 1.165) is 12.8 Å². The van der Waals surface area contributed by atoms with Crippen molar-refractivity contribution in [3.63, 3.8) is 0 Å². The highest BCUT2D eigenvalue weighted by Gasteiger charge is 2.31. The zero-order valence-corrected chi connectivity index (χ0v) is 15.8. The summed E-state index contributed by atoms with van der Waals surface area (Å²) in [6.07, 6.45) is 1.63. The lowest BCUT2D eigenvalue weighted by molar-refractivity contribution is 0.0696. The summed E-state index contributed by atoms with van der Waals surface area (Å²) < 4.78 is 32.1. The fourth-order valence-corrected chi connectivity index (χ4v) is 4.75. The number of aryl methyl sites for hydroxylation is 2. The Bertz CT molecular complexity index is 1000. The van der Waals surface area contributed by atoms with Gasteiger partial charge in [-0.2, -0.15) is 4.31 Å². The summed E-state index contributed by atoms with van der Waals surface area (Å²) >= 11 is 0. The minimum Gasteiger partial charge on any atom is -0.478 e. The molecule has 3 rings (SSSR count). The van der Waals surface area contributed by atoms with E-state index in [4.69, 9.17) is 9.52 Å². The quantitative estimate of drug-likeness (QED) is 0.808. The number of hydrogen-bond donors (Lipinski definition) is 2. The molecular weight excluding hydrogens is 372 g/mol. The predicted octanol–water partition coefficient (Wildman–Crippen LogP) is 2.63. The Kier molecular flexibility index (Phi) is 5.07. The number of carboxylic acids is 1. The molecule has 1 aromatic heterocycles. The minimum atomic E-state index is -3.68. The number of anilines is 1. The molecule has 0 spiro atoms. The van der Waals surface area contributed by atoms with E-state index in [2.05, 4.69) is 5.32 Å². The smallest absolute Gasteiger partial charge is 0.335 e. The predicted molar refractivity (Wildman–Crippen MR) is 97.5 cm³/mol. The van der Waals surface area contributed by atoms with Crippen molar-refractivity contribution in [2.75, 3.05) is 18.4 Å². The second kappa shape index (κ2) is 7.16. The van der Waals surface area contributed by atoms with Gasteiger partial charge in [0.15, 0.2) is 5.76 Å². The van der Waals surface area contributed by atoms with Crippen LogP contribution in [0.5, 0.6) is 0 Å². The van der Waals surface area contributed by atoms with E-state index < -0.39 is 21.9 Å². The summed E-state index contributed by atoms with van der Waals surface area (Å²) in [6, 6.07) is 5.62. The zero-order valence-electron chi connectivity index (χ0n) is 15.0. The van der Waals surface area contributed by atoms with Crippen LogP contribution in [0.4, 0.5) is 5.69 Å². The zero-order chi connectivity index (χ0) is 19.8. The van der Waals surface area contributed by atoms with Gasteiger partial charge in [0.1, 0.15) is 10.7 Å². The van der Waals surface area contributed by atoms with Crippen LogP contribution in [0, 0.1) is 13.8 Å². The maximum absolute atomic E-state index is 12.7. The van der Waals surface area contributed by atoms with Crippen LogP contribution < -0.4 is 5.32 Å². The SMILES string of the molecule is Cc1cc(NC(=O)c2cc(S(=O)(=O)N3CCCC3)c(C)o2)ccc1C(=O)O. The Balaban J connectivity index is 1.82. The molecule has 0 unspecified atom stereocenters. The molecule has 2 N–H and O–H groups in total. The number of furan rings is 1. The molecule has 0 aliphatic carbocycles. The van der Waals surface area contributed by atoms with Crippen molar-refractivity contribution in [1.29, 1.82) is 0 Å². The number of sulfonamides is 1. The molecule has 1 amide bonds. The lowest BCUT2D eigenvalue weighted by atomic mass is 10.1. The Morgan fingerprint density at radius 1 is 1.15 bits per heavy atom. The average molecular weight is 392 g/mol. The lowest BCUT2D eigenvalue weighted by Crippen LogP contribution is -2.28. The molecule has 1 fully saturated rings. The molecule has 1 aliphatic heterocycles. The van der Waals surface area contributed by atoms with E-state index in [1.807, 2.05) is 0 Å². The number of aromatic carboxylic acids is 1. The molecule has 1 saturated heterocycles. The second-order valence-corrected chi connectivity index (χ2v) is 8.34. The molecule has 9 heteroatoms. The maximum Gasteiger partial charge on any atom is 0.335 e. The Hall–Kier alpha value is -2.65. The summed E-state index contributed by atoms with van der Waals surface area (Å²) in [5, 5.41) is 11.6. The highest BCUT2D eigenvalue weighted by molar-refractivity contribution is 7.89. The number of benzene rings is 1. The number of carboxylic acid groups (broad SMARTS) is 1. The first-order valence-corrected chi connectivity index (χ1v) is 9.90. The topological polar surface area (TPSA) is 117 Å². The van der Waals surface area contributed by atoms with Gasteiger partial charge in [-0.3, -0.25) is 4.79 Å². The monoisotopic (exact) mass is 392 g/mol. The van der Waals surface area contributed by atoms with Gasteiger partial charge >= 0.3 is 5.97 Å². The number of nitrogens with zero attached hydrogens (tertiary/aromatic N) is 1. The Labute approximate surface area is 156 Å². The third-order valence-electron chi connectivity index (χ3n) is 4.49. The van der Waals surface area contributed by atoms with Crippen molar-refractivity contribution in [3.05, 3.63) is 46.9 Å². The van der Waals surface area contributed by atoms with Crippen LogP contribution in [0.1, 0.15) is 45.1 Å². The molecular formula is C18H20N2O6S. The first-order chi connectivity index (χ1) is 12.7. The number of amides is 1. The third-order valence-corrected chi connectivity index (χ3v) is 6.50. The Morgan fingerprint density at radius 3 is 2.41 bits per heavy atom. The first-order valence-electron chi connectivity index (χ1n) is 8.46. The number of carbonyl (C=O) groups is 2. The van der Waals surface area contributed by atoms with Gasteiger partial charge in [0.2, 0.25) is 10.0 Å². The summed E-state index contributed by atoms with van der Waals surface area (Å²) in [4.78, 5) is 23.5. The van der Waals surface area contributed by atoms with E-state index in [-0.39, 0.29) is 22.0 Å². The van der Waals surface area contributed by atoms with Gasteiger partial charge in [-0.25, -0.2) is 13.2 Å². The van der Waals surface area contributed by atoms with E-state index in [1.165, 1.54) is 35.5 Å². The second-order valence-electron chi connectivity index (χ2n) is 6.43. The highest BCUT2D eigenvalue weighted by atomic mass is 32.2. The lowest BCUT2D eigenvalue weighted by Gasteiger charge is -2.14. The fraction of sp³-hybridized carbons (Fsp3) is 0.333. The van der Waals surface area contributed by atoms with E-state index in [9.17, 15) is 18.0 Å². The highest BCUT2D eigenvalue weighted by Crippen LogP contribution is 2.27. The van der Waals surface area contributed by atoms with Crippen molar-refractivity contribution < 1.29 is 27.5 Å². The van der Waals surface area contributed by atoms with Crippen molar-refractivity contribution in [1.82, 2.24) is 4.31 Å². The van der Waals surface area contributed by atoms with Gasteiger partial charge in [-0.15, -0.1) is 0 Å². The summed E-state index contributed by atoms with van der Waals surface area (Å²) in [6.45, 7) is 4.05. The van der Waals surface area contributed by atoms with Gasteiger partial charge in [0.25, 0.3) is 5.91 Å².